The summed E-state index contributed by atoms with van der Waals surface area (Å²) in [4.78, 5) is 4.31. The lowest BCUT2D eigenvalue weighted by molar-refractivity contribution is 0.437. The van der Waals surface area contributed by atoms with E-state index in [1.807, 2.05) is 12.5 Å². The predicted molar refractivity (Wildman–Crippen MR) is 61.8 cm³/mol. The molecule has 1 N–H and O–H groups in total. The van der Waals surface area contributed by atoms with E-state index >= 15 is 0 Å². The van der Waals surface area contributed by atoms with Gasteiger partial charge >= 0.3 is 0 Å². The van der Waals surface area contributed by atoms with Crippen molar-refractivity contribution >= 4 is 0 Å². The van der Waals surface area contributed by atoms with Crippen LogP contribution in [0.5, 0.6) is 0 Å². The van der Waals surface area contributed by atoms with Gasteiger partial charge in [0.1, 0.15) is 0 Å². The van der Waals surface area contributed by atoms with Crippen LogP contribution in [0, 0.1) is 0 Å². The van der Waals surface area contributed by atoms with Crippen molar-refractivity contribution in [1.82, 2.24) is 14.9 Å². The van der Waals surface area contributed by atoms with Gasteiger partial charge < -0.3 is 9.88 Å². The smallest absolute Gasteiger partial charge is 0.0951 e. The Kier molecular flexibility index (Phi) is 3.41. The number of nitrogens with zero attached hydrogens (tertiary/aromatic N) is 2. The third-order valence-electron chi connectivity index (χ3n) is 3.45. The summed E-state index contributed by atoms with van der Waals surface area (Å²) in [7, 11) is 0. The molecule has 15 heavy (non-hydrogen) atoms. The van der Waals surface area contributed by atoms with Crippen LogP contribution in [-0.4, -0.2) is 16.1 Å². The first-order valence-electron chi connectivity index (χ1n) is 6.11. The topological polar surface area (TPSA) is 29.9 Å². The van der Waals surface area contributed by atoms with Crippen molar-refractivity contribution in [1.29, 1.82) is 0 Å². The molecule has 1 fully saturated rings. The van der Waals surface area contributed by atoms with Crippen molar-refractivity contribution in [3.8, 4) is 0 Å². The third-order valence-corrected chi connectivity index (χ3v) is 3.45. The minimum Gasteiger partial charge on any atom is -0.330 e. The van der Waals surface area contributed by atoms with E-state index in [0.29, 0.717) is 12.1 Å². The number of imidazole rings is 1. The molecule has 3 heteroatoms. The molecule has 2 rings (SSSR count). The lowest BCUT2D eigenvalue weighted by atomic mass is 10.1. The van der Waals surface area contributed by atoms with Gasteiger partial charge in [0.25, 0.3) is 0 Å². The monoisotopic (exact) mass is 207 g/mol. The van der Waals surface area contributed by atoms with Gasteiger partial charge in [-0.1, -0.05) is 13.8 Å². The van der Waals surface area contributed by atoms with E-state index in [9.17, 15) is 0 Å². The Bertz CT molecular complexity index is 279. The van der Waals surface area contributed by atoms with Crippen molar-refractivity contribution in [3.63, 3.8) is 0 Å². The Morgan fingerprint density at radius 2 is 2.33 bits per heavy atom. The minimum atomic E-state index is 0.535. The lowest BCUT2D eigenvalue weighted by Gasteiger charge is -2.20. The molecule has 1 saturated heterocycles. The van der Waals surface area contributed by atoms with E-state index in [1.165, 1.54) is 31.4 Å². The average molecular weight is 207 g/mol. The summed E-state index contributed by atoms with van der Waals surface area (Å²) in [5.74, 6) is 0. The predicted octanol–water partition coefficient (Wildman–Crippen LogP) is 2.67. The van der Waals surface area contributed by atoms with E-state index in [0.717, 1.165) is 6.54 Å². The Morgan fingerprint density at radius 3 is 2.93 bits per heavy atom. The van der Waals surface area contributed by atoms with Crippen LogP contribution in [0.2, 0.25) is 0 Å². The number of nitrogens with one attached hydrogen (secondary N) is 1. The highest BCUT2D eigenvalue weighted by molar-refractivity contribution is 5.08. The zero-order chi connectivity index (χ0) is 10.7. The van der Waals surface area contributed by atoms with Gasteiger partial charge in [0.2, 0.25) is 0 Å². The Hall–Kier alpha value is -0.830. The van der Waals surface area contributed by atoms with Crippen LogP contribution in [0.25, 0.3) is 0 Å². The van der Waals surface area contributed by atoms with Crippen molar-refractivity contribution in [2.45, 2.75) is 51.6 Å². The van der Waals surface area contributed by atoms with Crippen LogP contribution in [-0.2, 0) is 0 Å². The molecule has 0 radical (unpaired) electrons. The van der Waals surface area contributed by atoms with Gasteiger partial charge in [0.15, 0.2) is 0 Å². The summed E-state index contributed by atoms with van der Waals surface area (Å²) in [6, 6.07) is 1.15. The zero-order valence-electron chi connectivity index (χ0n) is 9.74. The van der Waals surface area contributed by atoms with Crippen molar-refractivity contribution in [2.24, 2.45) is 0 Å². The molecule has 3 nitrogen and oxygen atoms in total. The molecule has 0 aliphatic carbocycles. The maximum Gasteiger partial charge on any atom is 0.0951 e. The highest BCUT2D eigenvalue weighted by Crippen LogP contribution is 2.27. The molecule has 84 valence electrons. The number of hydrogen-bond donors (Lipinski definition) is 1. The summed E-state index contributed by atoms with van der Waals surface area (Å²) in [5.41, 5.74) is 1.38. The van der Waals surface area contributed by atoms with Gasteiger partial charge in [-0.2, -0.15) is 0 Å². The van der Waals surface area contributed by atoms with Crippen LogP contribution in [0.4, 0.5) is 0 Å². The van der Waals surface area contributed by atoms with Gasteiger partial charge in [0.05, 0.1) is 12.0 Å². The molecule has 1 aliphatic rings. The van der Waals surface area contributed by atoms with Crippen molar-refractivity contribution in [3.05, 3.63) is 18.2 Å². The Balaban J connectivity index is 2.20. The van der Waals surface area contributed by atoms with Gasteiger partial charge in [-0.3, -0.25) is 0 Å². The number of hydrogen-bond acceptors (Lipinski definition) is 2. The van der Waals surface area contributed by atoms with E-state index in [2.05, 4.69) is 28.7 Å². The van der Waals surface area contributed by atoms with Crippen LogP contribution >= 0.6 is 0 Å². The Morgan fingerprint density at radius 1 is 1.53 bits per heavy atom. The minimum absolute atomic E-state index is 0.535. The maximum absolute atomic E-state index is 4.31. The van der Waals surface area contributed by atoms with E-state index in [1.54, 1.807) is 0 Å². The summed E-state index contributed by atoms with van der Waals surface area (Å²) in [6.07, 6.45) is 8.94. The van der Waals surface area contributed by atoms with Gasteiger partial charge in [-0.05, 0) is 32.2 Å². The van der Waals surface area contributed by atoms with E-state index in [4.69, 9.17) is 0 Å². The van der Waals surface area contributed by atoms with E-state index in [-0.39, 0.29) is 0 Å². The lowest BCUT2D eigenvalue weighted by Crippen LogP contribution is -2.19. The molecular weight excluding hydrogens is 186 g/mol. The number of rotatable bonds is 4. The van der Waals surface area contributed by atoms with Crippen LogP contribution < -0.4 is 5.32 Å². The van der Waals surface area contributed by atoms with E-state index < -0.39 is 0 Å². The highest BCUT2D eigenvalue weighted by Gasteiger charge is 2.21. The van der Waals surface area contributed by atoms with Gasteiger partial charge in [0, 0.05) is 18.3 Å². The molecule has 1 aliphatic heterocycles. The molecule has 0 aromatic carbocycles. The van der Waals surface area contributed by atoms with Gasteiger partial charge in [-0.25, -0.2) is 4.98 Å². The molecule has 0 unspecified atom stereocenters. The zero-order valence-corrected chi connectivity index (χ0v) is 9.74. The van der Waals surface area contributed by atoms with Crippen LogP contribution in [0.1, 0.15) is 57.3 Å². The molecule has 0 spiro atoms. The second-order valence-electron chi connectivity index (χ2n) is 4.35. The second kappa shape index (κ2) is 4.79. The average Bonchev–Trinajstić information content (AvgIpc) is 2.88. The largest absolute Gasteiger partial charge is 0.330 e. The fraction of sp³-hybridized carbons (Fsp3) is 0.750. The van der Waals surface area contributed by atoms with Crippen molar-refractivity contribution < 1.29 is 0 Å². The first-order chi connectivity index (χ1) is 7.36. The summed E-state index contributed by atoms with van der Waals surface area (Å²) < 4.78 is 2.36. The quantitative estimate of drug-likeness (QED) is 0.822. The fourth-order valence-corrected chi connectivity index (χ4v) is 2.51. The fourth-order valence-electron chi connectivity index (χ4n) is 2.51. The summed E-state index contributed by atoms with van der Waals surface area (Å²) in [5, 5.41) is 3.54. The van der Waals surface area contributed by atoms with Crippen molar-refractivity contribution in [2.75, 3.05) is 6.54 Å². The molecule has 2 heterocycles. The molecule has 1 aromatic heterocycles. The molecule has 0 bridgehead atoms. The van der Waals surface area contributed by atoms with Crippen LogP contribution in [0.15, 0.2) is 12.5 Å². The molecule has 1 aromatic rings. The number of aromatic nitrogens is 2. The normalized spacial score (nSPS) is 21.4. The third kappa shape index (κ3) is 2.07. The molecule has 1 atom stereocenters. The second-order valence-corrected chi connectivity index (χ2v) is 4.35. The molecular formula is C12H21N3. The van der Waals surface area contributed by atoms with Crippen LogP contribution in [0.3, 0.4) is 0 Å². The molecule has 0 amide bonds. The first kappa shape index (κ1) is 10.7. The SMILES string of the molecule is CCC(CC)n1cncc1[C@@H]1CCCN1. The maximum atomic E-state index is 4.31. The standard InChI is InChI=1S/C12H21N3/c1-3-10(4-2)15-9-13-8-12(15)11-6-5-7-14-11/h8-11,14H,3-7H2,1-2H3/t11-/m0/s1. The summed E-state index contributed by atoms with van der Waals surface area (Å²) >= 11 is 0. The van der Waals surface area contributed by atoms with Gasteiger partial charge in [-0.15, -0.1) is 0 Å². The Labute approximate surface area is 91.9 Å². The summed E-state index contributed by atoms with van der Waals surface area (Å²) in [6.45, 7) is 5.65. The highest BCUT2D eigenvalue weighted by atomic mass is 15.1. The first-order valence-corrected chi connectivity index (χ1v) is 6.11. The molecule has 0 saturated carbocycles.